The Balaban J connectivity index is 1.48. The van der Waals surface area contributed by atoms with E-state index >= 15 is 4.39 Å². The molecule has 6 rings (SSSR count). The van der Waals surface area contributed by atoms with Crippen LogP contribution in [0.1, 0.15) is 52.7 Å². The van der Waals surface area contributed by atoms with Crippen LogP contribution >= 0.6 is 0 Å². The molecule has 9 heteroatoms. The molecule has 4 aromatic rings. The number of para-hydroxylation sites is 1. The number of nitrogens with one attached hydrogen (secondary N) is 1. The molecule has 1 aromatic heterocycles. The maximum absolute atomic E-state index is 15.1. The van der Waals surface area contributed by atoms with Gasteiger partial charge in [0, 0.05) is 40.8 Å². The largest absolute Gasteiger partial charge is 0.493 e. The zero-order valence-corrected chi connectivity index (χ0v) is 20.0. The predicted octanol–water partition coefficient (Wildman–Crippen LogP) is 5.95. The standard InChI is InChI=1S/C29H22F4N2O3/c30-15-11-19(27(33)22(32)12-15)26-21(31)6-5-18-25(14-9-16(36)10-14)20(13-34-28(18)26)29(37)35-23-7-8-38-24-4-2-1-3-17(23)24/h1-6,11-14,16,23,36H,7-10H2,(H,35,37). The lowest BCUT2D eigenvalue weighted by Gasteiger charge is -2.34. The molecular formula is C29H22F4N2O3. The summed E-state index contributed by atoms with van der Waals surface area (Å²) < 4.78 is 63.5. The lowest BCUT2D eigenvalue weighted by molar-refractivity contribution is 0.0737. The Bertz CT molecular complexity index is 1590. The van der Waals surface area contributed by atoms with Crippen molar-refractivity contribution in [3.63, 3.8) is 0 Å². The number of fused-ring (bicyclic) bond motifs is 2. The van der Waals surface area contributed by atoms with E-state index < -0.39 is 46.4 Å². The first-order valence-corrected chi connectivity index (χ1v) is 12.3. The number of ether oxygens (including phenoxy) is 1. The van der Waals surface area contributed by atoms with Crippen molar-refractivity contribution in [3.8, 4) is 16.9 Å². The van der Waals surface area contributed by atoms with Crippen LogP contribution in [0.15, 0.2) is 54.7 Å². The number of amides is 1. The molecule has 0 spiro atoms. The minimum Gasteiger partial charge on any atom is -0.493 e. The van der Waals surface area contributed by atoms with Crippen molar-refractivity contribution in [1.82, 2.24) is 10.3 Å². The molecule has 5 nitrogen and oxygen atoms in total. The topological polar surface area (TPSA) is 71.5 Å². The Morgan fingerprint density at radius 3 is 2.61 bits per heavy atom. The van der Waals surface area contributed by atoms with Gasteiger partial charge in [-0.05, 0) is 48.6 Å². The van der Waals surface area contributed by atoms with Crippen LogP contribution < -0.4 is 10.1 Å². The van der Waals surface area contributed by atoms with E-state index in [0.29, 0.717) is 54.7 Å². The molecule has 1 amide bonds. The van der Waals surface area contributed by atoms with Crippen molar-refractivity contribution < 1.29 is 32.2 Å². The van der Waals surface area contributed by atoms with E-state index in [1.165, 1.54) is 12.3 Å². The second kappa shape index (κ2) is 9.40. The van der Waals surface area contributed by atoms with Crippen LogP contribution in [0.25, 0.3) is 22.0 Å². The SMILES string of the molecule is O=C(NC1CCOc2ccccc21)c1cnc2c(-c3cc(F)cc(F)c3F)c(F)ccc2c1C1CC(O)C1. The van der Waals surface area contributed by atoms with Crippen LogP contribution in [-0.4, -0.2) is 28.7 Å². The van der Waals surface area contributed by atoms with Crippen LogP contribution in [-0.2, 0) is 0 Å². The highest BCUT2D eigenvalue weighted by molar-refractivity contribution is 6.04. The fraction of sp³-hybridized carbons (Fsp3) is 0.241. The average Bonchev–Trinajstić information content (AvgIpc) is 2.88. The summed E-state index contributed by atoms with van der Waals surface area (Å²) in [5.74, 6) is -4.80. The number of rotatable bonds is 4. The number of halogens is 4. The molecule has 1 atom stereocenters. The second-order valence-corrected chi connectivity index (χ2v) is 9.68. The first-order chi connectivity index (χ1) is 18.3. The molecule has 1 saturated carbocycles. The molecule has 0 radical (unpaired) electrons. The predicted molar refractivity (Wildman–Crippen MR) is 132 cm³/mol. The van der Waals surface area contributed by atoms with Gasteiger partial charge in [0.25, 0.3) is 5.91 Å². The molecule has 0 bridgehead atoms. The zero-order chi connectivity index (χ0) is 26.6. The molecule has 2 aliphatic rings. The van der Waals surface area contributed by atoms with Gasteiger partial charge in [0.05, 0.1) is 29.8 Å². The summed E-state index contributed by atoms with van der Waals surface area (Å²) in [5.41, 5.74) is 0.574. The Kier molecular flexibility index (Phi) is 6.03. The summed E-state index contributed by atoms with van der Waals surface area (Å²) in [7, 11) is 0. The van der Waals surface area contributed by atoms with Gasteiger partial charge in [-0.2, -0.15) is 0 Å². The van der Waals surface area contributed by atoms with Crippen LogP contribution in [0.5, 0.6) is 5.75 Å². The van der Waals surface area contributed by atoms with E-state index in [1.807, 2.05) is 24.3 Å². The second-order valence-electron chi connectivity index (χ2n) is 9.68. The van der Waals surface area contributed by atoms with E-state index in [9.17, 15) is 23.1 Å². The summed E-state index contributed by atoms with van der Waals surface area (Å²) >= 11 is 0. The monoisotopic (exact) mass is 522 g/mol. The van der Waals surface area contributed by atoms with Gasteiger partial charge in [-0.1, -0.05) is 18.2 Å². The summed E-state index contributed by atoms with van der Waals surface area (Å²) in [4.78, 5) is 17.9. The van der Waals surface area contributed by atoms with E-state index in [1.54, 1.807) is 0 Å². The molecule has 0 saturated heterocycles. The Morgan fingerprint density at radius 1 is 1.03 bits per heavy atom. The van der Waals surface area contributed by atoms with E-state index in [4.69, 9.17) is 4.74 Å². The average molecular weight is 522 g/mol. The van der Waals surface area contributed by atoms with Gasteiger partial charge < -0.3 is 15.2 Å². The normalized spacial score (nSPS) is 20.4. The molecule has 38 heavy (non-hydrogen) atoms. The van der Waals surface area contributed by atoms with Gasteiger partial charge in [-0.3, -0.25) is 9.78 Å². The van der Waals surface area contributed by atoms with Crippen LogP contribution in [0.2, 0.25) is 0 Å². The number of aromatic nitrogens is 1. The minimum absolute atomic E-state index is 0.0294. The van der Waals surface area contributed by atoms with E-state index in [-0.39, 0.29) is 23.0 Å². The van der Waals surface area contributed by atoms with Gasteiger partial charge in [0.1, 0.15) is 17.4 Å². The molecule has 1 aliphatic heterocycles. The third kappa shape index (κ3) is 4.07. The van der Waals surface area contributed by atoms with Crippen molar-refractivity contribution in [2.75, 3.05) is 6.61 Å². The van der Waals surface area contributed by atoms with E-state index in [0.717, 1.165) is 11.6 Å². The molecule has 3 aromatic carbocycles. The zero-order valence-electron chi connectivity index (χ0n) is 20.0. The molecule has 2 heterocycles. The number of hydrogen-bond acceptors (Lipinski definition) is 4. The third-order valence-corrected chi connectivity index (χ3v) is 7.32. The number of carbonyl (C=O) groups excluding carboxylic acids is 1. The van der Waals surface area contributed by atoms with Crippen molar-refractivity contribution in [1.29, 1.82) is 0 Å². The molecule has 1 fully saturated rings. The number of carbonyl (C=O) groups is 1. The number of aliphatic hydroxyl groups excluding tert-OH is 1. The Labute approximate surface area is 215 Å². The van der Waals surface area contributed by atoms with Crippen LogP contribution in [0, 0.1) is 23.3 Å². The Hall–Kier alpha value is -3.98. The number of pyridine rings is 1. The highest BCUT2D eigenvalue weighted by atomic mass is 19.2. The van der Waals surface area contributed by atoms with Crippen molar-refractivity contribution in [2.45, 2.75) is 37.3 Å². The van der Waals surface area contributed by atoms with Crippen LogP contribution in [0.3, 0.4) is 0 Å². The smallest absolute Gasteiger partial charge is 0.253 e. The van der Waals surface area contributed by atoms with Gasteiger partial charge in [0.2, 0.25) is 0 Å². The van der Waals surface area contributed by atoms with Gasteiger partial charge >= 0.3 is 0 Å². The fourth-order valence-corrected chi connectivity index (χ4v) is 5.43. The first kappa shape index (κ1) is 24.4. The summed E-state index contributed by atoms with van der Waals surface area (Å²) in [6, 6.07) is 10.7. The lowest BCUT2D eigenvalue weighted by atomic mass is 9.74. The quantitative estimate of drug-likeness (QED) is 0.257. The van der Waals surface area contributed by atoms with Crippen molar-refractivity contribution in [3.05, 3.63) is 94.7 Å². The molecule has 2 N–H and O–H groups in total. The summed E-state index contributed by atoms with van der Waals surface area (Å²) in [6.45, 7) is 0.429. The molecule has 1 aliphatic carbocycles. The maximum atomic E-state index is 15.1. The number of hydrogen-bond donors (Lipinski definition) is 2. The molecular weight excluding hydrogens is 500 g/mol. The minimum atomic E-state index is -1.45. The van der Waals surface area contributed by atoms with Crippen molar-refractivity contribution >= 4 is 16.8 Å². The third-order valence-electron chi connectivity index (χ3n) is 7.32. The molecule has 1 unspecified atom stereocenters. The number of benzene rings is 3. The van der Waals surface area contributed by atoms with E-state index in [2.05, 4.69) is 10.3 Å². The Morgan fingerprint density at radius 2 is 1.82 bits per heavy atom. The highest BCUT2D eigenvalue weighted by Crippen LogP contribution is 2.44. The van der Waals surface area contributed by atoms with Crippen molar-refractivity contribution in [2.24, 2.45) is 0 Å². The maximum Gasteiger partial charge on any atom is 0.253 e. The number of aliphatic hydroxyl groups is 1. The van der Waals surface area contributed by atoms with Crippen LogP contribution in [0.4, 0.5) is 17.6 Å². The van der Waals surface area contributed by atoms with Gasteiger partial charge in [0.15, 0.2) is 11.6 Å². The first-order valence-electron chi connectivity index (χ1n) is 12.3. The molecule has 194 valence electrons. The summed E-state index contributed by atoms with van der Waals surface area (Å²) in [6.07, 6.45) is 2.02. The number of nitrogens with zero attached hydrogens (tertiary/aromatic N) is 1. The van der Waals surface area contributed by atoms with Gasteiger partial charge in [-0.25, -0.2) is 17.6 Å². The van der Waals surface area contributed by atoms with Gasteiger partial charge in [-0.15, -0.1) is 0 Å². The highest BCUT2D eigenvalue weighted by Gasteiger charge is 2.35. The fourth-order valence-electron chi connectivity index (χ4n) is 5.43. The lowest BCUT2D eigenvalue weighted by Crippen LogP contribution is -2.34. The summed E-state index contributed by atoms with van der Waals surface area (Å²) in [5, 5.41) is 13.4.